The van der Waals surface area contributed by atoms with E-state index in [-0.39, 0.29) is 0 Å². The van der Waals surface area contributed by atoms with Gasteiger partial charge in [-0.3, -0.25) is 4.99 Å². The molecule has 0 radical (unpaired) electrons. The second-order valence-electron chi connectivity index (χ2n) is 6.26. The van der Waals surface area contributed by atoms with Crippen LogP contribution in [-0.4, -0.2) is 45.4 Å². The largest absolute Gasteiger partial charge is 0.492 e. The first-order chi connectivity index (χ1) is 12.9. The molecule has 0 spiro atoms. The van der Waals surface area contributed by atoms with Crippen LogP contribution < -0.4 is 15.4 Å². The SMILES string of the molecule is c1ccc(OCCNC(=NCC2CCOC2)NCCc2ccco2)cc1. The van der Waals surface area contributed by atoms with Crippen molar-refractivity contribution in [2.45, 2.75) is 12.8 Å². The molecular weight excluding hydrogens is 330 g/mol. The lowest BCUT2D eigenvalue weighted by Crippen LogP contribution is -2.40. The fourth-order valence-corrected chi connectivity index (χ4v) is 2.74. The summed E-state index contributed by atoms with van der Waals surface area (Å²) in [4.78, 5) is 4.70. The molecule has 2 aromatic rings. The van der Waals surface area contributed by atoms with Crippen molar-refractivity contribution in [2.24, 2.45) is 10.9 Å². The van der Waals surface area contributed by atoms with E-state index in [0.29, 0.717) is 19.1 Å². The van der Waals surface area contributed by atoms with Crippen LogP contribution in [0.3, 0.4) is 0 Å². The molecule has 1 saturated heterocycles. The highest BCUT2D eigenvalue weighted by molar-refractivity contribution is 5.79. The van der Waals surface area contributed by atoms with Crippen LogP contribution in [0.25, 0.3) is 0 Å². The first-order valence-corrected chi connectivity index (χ1v) is 9.20. The highest BCUT2D eigenvalue weighted by atomic mass is 16.5. The van der Waals surface area contributed by atoms with Gasteiger partial charge in [-0.15, -0.1) is 0 Å². The van der Waals surface area contributed by atoms with Crippen molar-refractivity contribution in [3.05, 3.63) is 54.5 Å². The van der Waals surface area contributed by atoms with E-state index in [0.717, 1.165) is 56.6 Å². The van der Waals surface area contributed by atoms with Crippen LogP contribution >= 0.6 is 0 Å². The third-order valence-corrected chi connectivity index (χ3v) is 4.18. The number of furan rings is 1. The number of guanidine groups is 1. The number of ether oxygens (including phenoxy) is 2. The predicted octanol–water partition coefficient (Wildman–Crippen LogP) is 2.47. The number of nitrogens with one attached hydrogen (secondary N) is 2. The molecule has 1 aromatic heterocycles. The first kappa shape index (κ1) is 18.3. The third-order valence-electron chi connectivity index (χ3n) is 4.18. The summed E-state index contributed by atoms with van der Waals surface area (Å²) in [5.74, 6) is 3.16. The maximum Gasteiger partial charge on any atom is 0.191 e. The summed E-state index contributed by atoms with van der Waals surface area (Å²) in [7, 11) is 0. The third kappa shape index (κ3) is 6.44. The molecule has 1 atom stereocenters. The Morgan fingerprint density at radius 2 is 2.00 bits per heavy atom. The maximum atomic E-state index is 5.72. The molecule has 140 valence electrons. The van der Waals surface area contributed by atoms with Crippen LogP contribution in [-0.2, 0) is 11.2 Å². The molecule has 1 aromatic carbocycles. The number of hydrogen-bond donors (Lipinski definition) is 2. The second kappa shape index (κ2) is 10.5. The zero-order chi connectivity index (χ0) is 17.9. The molecule has 3 rings (SSSR count). The van der Waals surface area contributed by atoms with Crippen molar-refractivity contribution in [2.75, 3.05) is 39.5 Å². The summed E-state index contributed by atoms with van der Waals surface area (Å²) in [5, 5.41) is 6.70. The topological polar surface area (TPSA) is 68.0 Å². The Balaban J connectivity index is 1.42. The molecule has 2 heterocycles. The van der Waals surface area contributed by atoms with E-state index in [1.54, 1.807) is 6.26 Å². The van der Waals surface area contributed by atoms with Crippen LogP contribution in [0.2, 0.25) is 0 Å². The minimum absolute atomic E-state index is 0.513. The van der Waals surface area contributed by atoms with E-state index in [1.807, 2.05) is 42.5 Å². The van der Waals surface area contributed by atoms with Gasteiger partial charge in [0.15, 0.2) is 5.96 Å². The Labute approximate surface area is 154 Å². The average molecular weight is 357 g/mol. The Hall–Kier alpha value is -2.47. The molecule has 6 heteroatoms. The van der Waals surface area contributed by atoms with Gasteiger partial charge < -0.3 is 24.5 Å². The van der Waals surface area contributed by atoms with Crippen molar-refractivity contribution in [1.82, 2.24) is 10.6 Å². The molecule has 1 aliphatic heterocycles. The van der Waals surface area contributed by atoms with Gasteiger partial charge in [0.25, 0.3) is 0 Å². The van der Waals surface area contributed by atoms with E-state index >= 15 is 0 Å². The van der Waals surface area contributed by atoms with Crippen LogP contribution in [0.5, 0.6) is 5.75 Å². The van der Waals surface area contributed by atoms with Crippen molar-refractivity contribution in [1.29, 1.82) is 0 Å². The van der Waals surface area contributed by atoms with Gasteiger partial charge in [-0.05, 0) is 30.7 Å². The maximum absolute atomic E-state index is 5.72. The molecule has 0 saturated carbocycles. The molecule has 1 unspecified atom stereocenters. The van der Waals surface area contributed by atoms with Gasteiger partial charge in [0.05, 0.1) is 19.4 Å². The molecule has 6 nitrogen and oxygen atoms in total. The van der Waals surface area contributed by atoms with Crippen molar-refractivity contribution in [3.8, 4) is 5.75 Å². The van der Waals surface area contributed by atoms with Gasteiger partial charge >= 0.3 is 0 Å². The molecular formula is C20H27N3O3. The molecule has 1 aliphatic rings. The Morgan fingerprint density at radius 3 is 2.77 bits per heavy atom. The van der Waals surface area contributed by atoms with Crippen molar-refractivity contribution in [3.63, 3.8) is 0 Å². The quantitative estimate of drug-likeness (QED) is 0.410. The van der Waals surface area contributed by atoms with Gasteiger partial charge in [0, 0.05) is 32.0 Å². The standard InChI is InChI=1S/C20H27N3O3/c1-2-5-18(6-3-1)26-14-11-22-20(23-15-17-9-13-24-16-17)21-10-8-19-7-4-12-25-19/h1-7,12,17H,8-11,13-16H2,(H2,21,22,23). The lowest BCUT2D eigenvalue weighted by Gasteiger charge is -2.14. The van der Waals surface area contributed by atoms with Crippen LogP contribution in [0.4, 0.5) is 0 Å². The van der Waals surface area contributed by atoms with Gasteiger partial charge in [0.1, 0.15) is 18.1 Å². The number of aliphatic imine (C=N–C) groups is 1. The minimum atomic E-state index is 0.513. The monoisotopic (exact) mass is 357 g/mol. The minimum Gasteiger partial charge on any atom is -0.492 e. The molecule has 0 amide bonds. The number of rotatable bonds is 9. The zero-order valence-electron chi connectivity index (χ0n) is 15.0. The summed E-state index contributed by atoms with van der Waals surface area (Å²) in [6.45, 7) is 4.45. The van der Waals surface area contributed by atoms with Crippen LogP contribution in [0, 0.1) is 5.92 Å². The Kier molecular flexibility index (Phi) is 7.40. The summed E-state index contributed by atoms with van der Waals surface area (Å²) in [5.41, 5.74) is 0. The lowest BCUT2D eigenvalue weighted by atomic mass is 10.1. The van der Waals surface area contributed by atoms with E-state index < -0.39 is 0 Å². The Morgan fingerprint density at radius 1 is 1.12 bits per heavy atom. The zero-order valence-corrected chi connectivity index (χ0v) is 15.0. The van der Waals surface area contributed by atoms with E-state index in [1.165, 1.54) is 0 Å². The van der Waals surface area contributed by atoms with Gasteiger partial charge in [-0.1, -0.05) is 18.2 Å². The van der Waals surface area contributed by atoms with E-state index in [4.69, 9.17) is 18.9 Å². The van der Waals surface area contributed by atoms with Gasteiger partial charge in [-0.2, -0.15) is 0 Å². The van der Waals surface area contributed by atoms with E-state index in [9.17, 15) is 0 Å². The Bertz CT molecular complexity index is 638. The molecule has 1 fully saturated rings. The lowest BCUT2D eigenvalue weighted by molar-refractivity contribution is 0.187. The molecule has 26 heavy (non-hydrogen) atoms. The molecule has 2 N–H and O–H groups in total. The van der Waals surface area contributed by atoms with Gasteiger partial charge in [-0.25, -0.2) is 0 Å². The normalized spacial score (nSPS) is 17.2. The summed E-state index contributed by atoms with van der Waals surface area (Å²) in [6, 6.07) is 13.7. The highest BCUT2D eigenvalue weighted by Gasteiger charge is 2.15. The number of hydrogen-bond acceptors (Lipinski definition) is 4. The number of benzene rings is 1. The van der Waals surface area contributed by atoms with Gasteiger partial charge in [0.2, 0.25) is 0 Å². The van der Waals surface area contributed by atoms with Crippen molar-refractivity contribution < 1.29 is 13.9 Å². The average Bonchev–Trinajstić information content (AvgIpc) is 3.37. The van der Waals surface area contributed by atoms with Crippen LogP contribution in [0.15, 0.2) is 58.1 Å². The summed E-state index contributed by atoms with van der Waals surface area (Å²) >= 11 is 0. The molecule has 0 bridgehead atoms. The molecule has 0 aliphatic carbocycles. The second-order valence-corrected chi connectivity index (χ2v) is 6.26. The van der Waals surface area contributed by atoms with Crippen molar-refractivity contribution >= 4 is 5.96 Å². The fraction of sp³-hybridized carbons (Fsp3) is 0.450. The number of para-hydroxylation sites is 1. The number of nitrogens with zero attached hydrogens (tertiary/aromatic N) is 1. The summed E-state index contributed by atoms with van der Waals surface area (Å²) < 4.78 is 16.5. The first-order valence-electron chi connectivity index (χ1n) is 9.20. The fourth-order valence-electron chi connectivity index (χ4n) is 2.74. The predicted molar refractivity (Wildman–Crippen MR) is 102 cm³/mol. The highest BCUT2D eigenvalue weighted by Crippen LogP contribution is 2.12. The summed E-state index contributed by atoms with van der Waals surface area (Å²) in [6.07, 6.45) is 3.60. The van der Waals surface area contributed by atoms with Crippen LogP contribution in [0.1, 0.15) is 12.2 Å². The van der Waals surface area contributed by atoms with E-state index in [2.05, 4.69) is 10.6 Å². The smallest absolute Gasteiger partial charge is 0.191 e.